The lowest BCUT2D eigenvalue weighted by Gasteiger charge is -2.03. The summed E-state index contributed by atoms with van der Waals surface area (Å²) in [6.07, 6.45) is 1.04. The Labute approximate surface area is 95.5 Å². The predicted octanol–water partition coefficient (Wildman–Crippen LogP) is 1.18. The summed E-state index contributed by atoms with van der Waals surface area (Å²) in [6, 6.07) is 6.40. The van der Waals surface area contributed by atoms with Gasteiger partial charge in [0.1, 0.15) is 5.82 Å². The number of aryl methyl sites for hydroxylation is 1. The van der Waals surface area contributed by atoms with E-state index in [0.717, 1.165) is 36.5 Å². The summed E-state index contributed by atoms with van der Waals surface area (Å²) in [5.41, 5.74) is 3.51. The van der Waals surface area contributed by atoms with E-state index in [4.69, 9.17) is 0 Å². The number of imidazole rings is 1. The fourth-order valence-corrected chi connectivity index (χ4v) is 1.79. The molecule has 0 spiro atoms. The maximum absolute atomic E-state index is 4.38. The molecule has 1 heterocycles. The molecule has 2 rings (SSSR count). The SMILES string of the molecule is CNCNCCc1ccc2nc(C)[nH]c2c1. The second kappa shape index (κ2) is 5.09. The number of benzene rings is 1. The standard InChI is InChI=1S/C12H18N4/c1-9-15-11-4-3-10(7-12(11)16-9)5-6-14-8-13-2/h3-4,7,13-14H,5-6,8H2,1-2H3,(H,15,16). The normalized spacial score (nSPS) is 11.1. The number of hydrogen-bond acceptors (Lipinski definition) is 3. The summed E-state index contributed by atoms with van der Waals surface area (Å²) in [5, 5.41) is 6.36. The van der Waals surface area contributed by atoms with Gasteiger partial charge >= 0.3 is 0 Å². The van der Waals surface area contributed by atoms with E-state index in [1.54, 1.807) is 0 Å². The van der Waals surface area contributed by atoms with Gasteiger partial charge in [-0.2, -0.15) is 0 Å². The topological polar surface area (TPSA) is 52.7 Å². The third-order valence-electron chi connectivity index (χ3n) is 2.56. The summed E-state index contributed by atoms with van der Waals surface area (Å²) < 4.78 is 0. The molecule has 86 valence electrons. The van der Waals surface area contributed by atoms with Crippen LogP contribution in [-0.2, 0) is 6.42 Å². The van der Waals surface area contributed by atoms with Crippen LogP contribution in [0.3, 0.4) is 0 Å². The van der Waals surface area contributed by atoms with Crippen molar-refractivity contribution < 1.29 is 0 Å². The average molecular weight is 218 g/mol. The minimum Gasteiger partial charge on any atom is -0.342 e. The Morgan fingerprint density at radius 1 is 1.38 bits per heavy atom. The molecule has 4 heteroatoms. The van der Waals surface area contributed by atoms with Crippen molar-refractivity contribution in [3.63, 3.8) is 0 Å². The average Bonchev–Trinajstić information content (AvgIpc) is 2.64. The van der Waals surface area contributed by atoms with Crippen LogP contribution in [0.2, 0.25) is 0 Å². The van der Waals surface area contributed by atoms with Crippen molar-refractivity contribution in [2.45, 2.75) is 13.3 Å². The lowest BCUT2D eigenvalue weighted by molar-refractivity contribution is 0.631. The molecule has 16 heavy (non-hydrogen) atoms. The van der Waals surface area contributed by atoms with Crippen LogP contribution in [0.1, 0.15) is 11.4 Å². The van der Waals surface area contributed by atoms with Crippen LogP contribution in [0.5, 0.6) is 0 Å². The first-order valence-corrected chi connectivity index (χ1v) is 5.60. The van der Waals surface area contributed by atoms with Gasteiger partial charge in [-0.25, -0.2) is 4.98 Å². The molecule has 3 N–H and O–H groups in total. The highest BCUT2D eigenvalue weighted by atomic mass is 15.0. The van der Waals surface area contributed by atoms with Crippen molar-refractivity contribution in [1.82, 2.24) is 20.6 Å². The maximum atomic E-state index is 4.38. The highest BCUT2D eigenvalue weighted by Crippen LogP contribution is 2.13. The number of rotatable bonds is 5. The first kappa shape index (κ1) is 11.1. The number of nitrogens with zero attached hydrogens (tertiary/aromatic N) is 1. The van der Waals surface area contributed by atoms with Gasteiger partial charge in [0.25, 0.3) is 0 Å². The fraction of sp³-hybridized carbons (Fsp3) is 0.417. The molecule has 0 amide bonds. The van der Waals surface area contributed by atoms with Crippen molar-refractivity contribution in [2.75, 3.05) is 20.3 Å². The van der Waals surface area contributed by atoms with Gasteiger partial charge in [-0.05, 0) is 38.1 Å². The van der Waals surface area contributed by atoms with Crippen LogP contribution in [-0.4, -0.2) is 30.2 Å². The Kier molecular flexibility index (Phi) is 3.54. The van der Waals surface area contributed by atoms with E-state index in [9.17, 15) is 0 Å². The molecule has 0 aliphatic rings. The number of hydrogen-bond donors (Lipinski definition) is 3. The molecule has 0 aliphatic heterocycles. The van der Waals surface area contributed by atoms with Gasteiger partial charge in [-0.15, -0.1) is 0 Å². The number of fused-ring (bicyclic) bond motifs is 1. The molecular weight excluding hydrogens is 200 g/mol. The Bertz CT molecular complexity index is 461. The Morgan fingerprint density at radius 3 is 3.06 bits per heavy atom. The molecule has 0 fully saturated rings. The molecule has 0 unspecified atom stereocenters. The molecule has 2 aromatic rings. The van der Waals surface area contributed by atoms with Gasteiger partial charge in [0, 0.05) is 13.2 Å². The van der Waals surface area contributed by atoms with Gasteiger partial charge in [-0.1, -0.05) is 6.07 Å². The molecule has 0 bridgehead atoms. The molecule has 0 saturated carbocycles. The van der Waals surface area contributed by atoms with E-state index in [1.165, 1.54) is 5.56 Å². The van der Waals surface area contributed by atoms with Gasteiger partial charge in [0.15, 0.2) is 0 Å². The maximum Gasteiger partial charge on any atom is 0.104 e. The summed E-state index contributed by atoms with van der Waals surface area (Å²) in [5.74, 6) is 0.973. The zero-order valence-electron chi connectivity index (χ0n) is 9.80. The Balaban J connectivity index is 2.02. The monoisotopic (exact) mass is 218 g/mol. The van der Waals surface area contributed by atoms with E-state index in [0.29, 0.717) is 0 Å². The number of aromatic amines is 1. The molecule has 4 nitrogen and oxygen atoms in total. The third kappa shape index (κ3) is 2.59. The van der Waals surface area contributed by atoms with Crippen LogP contribution in [0.25, 0.3) is 11.0 Å². The van der Waals surface area contributed by atoms with Crippen molar-refractivity contribution in [2.24, 2.45) is 0 Å². The zero-order chi connectivity index (χ0) is 11.4. The molecule has 0 aliphatic carbocycles. The van der Waals surface area contributed by atoms with Crippen molar-refractivity contribution >= 4 is 11.0 Å². The summed E-state index contributed by atoms with van der Waals surface area (Å²) in [4.78, 5) is 7.64. The summed E-state index contributed by atoms with van der Waals surface area (Å²) >= 11 is 0. The molecule has 0 radical (unpaired) electrons. The van der Waals surface area contributed by atoms with Crippen LogP contribution in [0, 0.1) is 6.92 Å². The van der Waals surface area contributed by atoms with Gasteiger partial charge < -0.3 is 15.6 Å². The highest BCUT2D eigenvalue weighted by Gasteiger charge is 2.00. The van der Waals surface area contributed by atoms with E-state index in [-0.39, 0.29) is 0 Å². The van der Waals surface area contributed by atoms with E-state index < -0.39 is 0 Å². The van der Waals surface area contributed by atoms with Crippen LogP contribution in [0.15, 0.2) is 18.2 Å². The molecule has 1 aromatic heterocycles. The molecule has 0 saturated heterocycles. The van der Waals surface area contributed by atoms with Crippen molar-refractivity contribution in [3.05, 3.63) is 29.6 Å². The predicted molar refractivity (Wildman–Crippen MR) is 66.5 cm³/mol. The largest absolute Gasteiger partial charge is 0.342 e. The second-order valence-corrected chi connectivity index (χ2v) is 3.95. The smallest absolute Gasteiger partial charge is 0.104 e. The number of aromatic nitrogens is 2. The third-order valence-corrected chi connectivity index (χ3v) is 2.56. The lowest BCUT2D eigenvalue weighted by atomic mass is 10.1. The van der Waals surface area contributed by atoms with Crippen LogP contribution >= 0.6 is 0 Å². The van der Waals surface area contributed by atoms with E-state index >= 15 is 0 Å². The number of nitrogens with one attached hydrogen (secondary N) is 3. The molecular formula is C12H18N4. The fourth-order valence-electron chi connectivity index (χ4n) is 1.79. The quantitative estimate of drug-likeness (QED) is 0.522. The zero-order valence-corrected chi connectivity index (χ0v) is 9.80. The Hall–Kier alpha value is -1.39. The van der Waals surface area contributed by atoms with Crippen LogP contribution in [0.4, 0.5) is 0 Å². The van der Waals surface area contributed by atoms with Gasteiger partial charge in [0.2, 0.25) is 0 Å². The first-order valence-electron chi connectivity index (χ1n) is 5.60. The summed E-state index contributed by atoms with van der Waals surface area (Å²) in [7, 11) is 1.94. The van der Waals surface area contributed by atoms with E-state index in [2.05, 4.69) is 38.8 Å². The van der Waals surface area contributed by atoms with Crippen molar-refractivity contribution in [3.8, 4) is 0 Å². The molecule has 0 atom stereocenters. The minimum absolute atomic E-state index is 0.853. The molecule has 1 aromatic carbocycles. The van der Waals surface area contributed by atoms with Crippen molar-refractivity contribution in [1.29, 1.82) is 0 Å². The first-order chi connectivity index (χ1) is 7.79. The minimum atomic E-state index is 0.853. The van der Waals surface area contributed by atoms with E-state index in [1.807, 2.05) is 14.0 Å². The van der Waals surface area contributed by atoms with Gasteiger partial charge in [0.05, 0.1) is 11.0 Å². The van der Waals surface area contributed by atoms with Crippen LogP contribution < -0.4 is 10.6 Å². The summed E-state index contributed by atoms with van der Waals surface area (Å²) in [6.45, 7) is 3.82. The number of H-pyrrole nitrogens is 1. The Morgan fingerprint density at radius 2 is 2.25 bits per heavy atom. The lowest BCUT2D eigenvalue weighted by Crippen LogP contribution is -2.27. The second-order valence-electron chi connectivity index (χ2n) is 3.95. The van der Waals surface area contributed by atoms with Gasteiger partial charge in [-0.3, -0.25) is 0 Å². The highest BCUT2D eigenvalue weighted by molar-refractivity contribution is 5.75.